The van der Waals surface area contributed by atoms with Gasteiger partial charge in [0.1, 0.15) is 0 Å². The number of rotatable bonds is 4. The van der Waals surface area contributed by atoms with E-state index >= 15 is 0 Å². The fourth-order valence-corrected chi connectivity index (χ4v) is 8.17. The van der Waals surface area contributed by atoms with Crippen LogP contribution in [0.25, 0.3) is 0 Å². The summed E-state index contributed by atoms with van der Waals surface area (Å²) >= 11 is 0. The lowest BCUT2D eigenvalue weighted by Crippen LogP contribution is -2.53. The van der Waals surface area contributed by atoms with Gasteiger partial charge in [-0.05, 0) is 97.2 Å². The molecule has 0 aromatic heterocycles. The molecule has 3 saturated carbocycles. The van der Waals surface area contributed by atoms with Crippen molar-refractivity contribution >= 4 is 0 Å². The molecule has 0 aromatic rings. The highest BCUT2D eigenvalue weighted by Gasteiger charge is 2.59. The van der Waals surface area contributed by atoms with E-state index in [0.717, 1.165) is 25.2 Å². The fourth-order valence-electron chi connectivity index (χ4n) is 8.17. The monoisotopic (exact) mass is 414 g/mol. The molecule has 4 aliphatic carbocycles. The highest BCUT2D eigenvalue weighted by atomic mass is 16.3. The summed E-state index contributed by atoms with van der Waals surface area (Å²) in [6.45, 7) is 14.4. The molecule has 2 heteroatoms. The number of fused-ring (bicyclic) bond motifs is 5. The van der Waals surface area contributed by atoms with Gasteiger partial charge in [-0.3, -0.25) is 0 Å². The lowest BCUT2D eigenvalue weighted by atomic mass is 9.47. The van der Waals surface area contributed by atoms with Gasteiger partial charge in [-0.25, -0.2) is 0 Å². The Hall–Kier alpha value is -0.600. The minimum absolute atomic E-state index is 0.167. The second-order valence-electron chi connectivity index (χ2n) is 12.4. The summed E-state index contributed by atoms with van der Waals surface area (Å²) in [5.74, 6) is 4.20. The van der Waals surface area contributed by atoms with E-state index in [9.17, 15) is 10.2 Å². The molecule has 4 aliphatic rings. The molecule has 2 nitrogen and oxygen atoms in total. The molecule has 0 spiro atoms. The first-order chi connectivity index (χ1) is 14.1. The van der Waals surface area contributed by atoms with Crippen molar-refractivity contribution < 1.29 is 10.2 Å². The van der Waals surface area contributed by atoms with Crippen molar-refractivity contribution in [3.05, 3.63) is 23.8 Å². The third-order valence-corrected chi connectivity index (χ3v) is 10.6. The number of hydrogen-bond acceptors (Lipinski definition) is 2. The van der Waals surface area contributed by atoms with Crippen molar-refractivity contribution in [3.63, 3.8) is 0 Å². The lowest BCUT2D eigenvalue weighted by Gasteiger charge is -2.58. The van der Waals surface area contributed by atoms with E-state index in [0.29, 0.717) is 35.0 Å². The SMILES string of the molecule is CC(C)[C@@H](C)C=C[C@@H](C)[C@H]1CC[C@H]2C3=C[C@@H](O)[C@@H]4C[C@@H](O)CC[C@]4(C)[C@H]3CC[C@]12C. The van der Waals surface area contributed by atoms with Gasteiger partial charge in [0.15, 0.2) is 0 Å². The van der Waals surface area contributed by atoms with E-state index in [1.54, 1.807) is 5.57 Å². The van der Waals surface area contributed by atoms with Gasteiger partial charge in [0, 0.05) is 0 Å². The van der Waals surface area contributed by atoms with E-state index in [1.165, 1.54) is 25.7 Å². The summed E-state index contributed by atoms with van der Waals surface area (Å²) in [5, 5.41) is 21.4. The molecule has 170 valence electrons. The van der Waals surface area contributed by atoms with Crippen molar-refractivity contribution in [2.24, 2.45) is 52.3 Å². The fraction of sp³-hybridized carbons (Fsp3) is 0.857. The molecule has 4 rings (SSSR count). The maximum Gasteiger partial charge on any atom is 0.0758 e. The second-order valence-corrected chi connectivity index (χ2v) is 12.4. The Morgan fingerprint density at radius 1 is 0.900 bits per heavy atom. The van der Waals surface area contributed by atoms with Crippen LogP contribution in [0.4, 0.5) is 0 Å². The highest BCUT2D eigenvalue weighted by molar-refractivity contribution is 5.30. The van der Waals surface area contributed by atoms with Crippen LogP contribution in [-0.4, -0.2) is 22.4 Å². The van der Waals surface area contributed by atoms with Crippen LogP contribution in [0.2, 0.25) is 0 Å². The maximum atomic E-state index is 11.1. The molecule has 2 N–H and O–H groups in total. The first-order valence-electron chi connectivity index (χ1n) is 12.8. The molecule has 0 heterocycles. The van der Waals surface area contributed by atoms with Gasteiger partial charge < -0.3 is 10.2 Å². The quantitative estimate of drug-likeness (QED) is 0.524. The molecule has 0 amide bonds. The largest absolute Gasteiger partial charge is 0.393 e. The summed E-state index contributed by atoms with van der Waals surface area (Å²) in [7, 11) is 0. The first kappa shape index (κ1) is 22.6. The zero-order valence-electron chi connectivity index (χ0n) is 20.3. The van der Waals surface area contributed by atoms with Gasteiger partial charge in [0.2, 0.25) is 0 Å². The zero-order chi connectivity index (χ0) is 21.8. The van der Waals surface area contributed by atoms with Gasteiger partial charge in [-0.2, -0.15) is 0 Å². The van der Waals surface area contributed by atoms with Gasteiger partial charge in [0.25, 0.3) is 0 Å². The zero-order valence-corrected chi connectivity index (χ0v) is 20.3. The summed E-state index contributed by atoms with van der Waals surface area (Å²) in [5.41, 5.74) is 2.13. The van der Waals surface area contributed by atoms with Crippen LogP contribution >= 0.6 is 0 Å². The smallest absolute Gasteiger partial charge is 0.0758 e. The second kappa shape index (κ2) is 8.07. The van der Waals surface area contributed by atoms with Gasteiger partial charge in [-0.1, -0.05) is 65.3 Å². The molecule has 30 heavy (non-hydrogen) atoms. The van der Waals surface area contributed by atoms with E-state index in [4.69, 9.17) is 0 Å². The van der Waals surface area contributed by atoms with Crippen molar-refractivity contribution in [2.75, 3.05) is 0 Å². The average Bonchev–Trinajstić information content (AvgIpc) is 3.04. The third kappa shape index (κ3) is 3.54. The molecular formula is C28H46O2. The maximum absolute atomic E-state index is 11.1. The Bertz CT molecular complexity index is 693. The molecule has 0 radical (unpaired) electrons. The molecule has 0 aliphatic heterocycles. The Kier molecular flexibility index (Phi) is 6.08. The van der Waals surface area contributed by atoms with Gasteiger partial charge >= 0.3 is 0 Å². The van der Waals surface area contributed by atoms with Crippen LogP contribution in [0, 0.1) is 52.3 Å². The first-order valence-corrected chi connectivity index (χ1v) is 12.8. The molecule has 0 saturated heterocycles. The number of aliphatic hydroxyl groups excluding tert-OH is 2. The van der Waals surface area contributed by atoms with Crippen LogP contribution in [0.5, 0.6) is 0 Å². The number of allylic oxidation sites excluding steroid dienone is 3. The molecule has 10 atom stereocenters. The van der Waals surface area contributed by atoms with Crippen LogP contribution in [-0.2, 0) is 0 Å². The molecule has 0 unspecified atom stereocenters. The van der Waals surface area contributed by atoms with Crippen LogP contribution in [0.15, 0.2) is 23.8 Å². The van der Waals surface area contributed by atoms with Crippen LogP contribution in [0.1, 0.15) is 86.5 Å². The number of hydrogen-bond donors (Lipinski definition) is 2. The van der Waals surface area contributed by atoms with E-state index in [2.05, 4.69) is 59.8 Å². The van der Waals surface area contributed by atoms with Gasteiger partial charge in [-0.15, -0.1) is 0 Å². The Morgan fingerprint density at radius 2 is 1.57 bits per heavy atom. The summed E-state index contributed by atoms with van der Waals surface area (Å²) in [6.07, 6.45) is 14.6. The van der Waals surface area contributed by atoms with Crippen molar-refractivity contribution in [2.45, 2.75) is 98.7 Å². The van der Waals surface area contributed by atoms with E-state index < -0.39 is 0 Å². The number of aliphatic hydroxyl groups is 2. The molecular weight excluding hydrogens is 368 g/mol. The van der Waals surface area contributed by atoms with Gasteiger partial charge in [0.05, 0.1) is 12.2 Å². The third-order valence-electron chi connectivity index (χ3n) is 10.6. The molecule has 3 fully saturated rings. The minimum atomic E-state index is -0.373. The summed E-state index contributed by atoms with van der Waals surface area (Å²) in [4.78, 5) is 0. The van der Waals surface area contributed by atoms with E-state index in [1.807, 2.05) is 0 Å². The summed E-state index contributed by atoms with van der Waals surface area (Å²) in [6, 6.07) is 0. The van der Waals surface area contributed by atoms with E-state index in [-0.39, 0.29) is 23.5 Å². The Morgan fingerprint density at radius 3 is 2.27 bits per heavy atom. The van der Waals surface area contributed by atoms with Crippen molar-refractivity contribution in [3.8, 4) is 0 Å². The lowest BCUT2D eigenvalue weighted by molar-refractivity contribution is -0.0829. The van der Waals surface area contributed by atoms with Crippen LogP contribution in [0.3, 0.4) is 0 Å². The normalized spacial score (nSPS) is 48.1. The summed E-state index contributed by atoms with van der Waals surface area (Å²) < 4.78 is 0. The van der Waals surface area contributed by atoms with Crippen molar-refractivity contribution in [1.29, 1.82) is 0 Å². The standard InChI is InChI=1S/C28H46O2/c1-17(2)18(3)7-8-19(4)22-9-10-23-21-16-26(30)25-15-20(29)11-13-28(25,6)24(21)12-14-27(22,23)5/h7-8,16-20,22-26,29-30H,9-15H2,1-6H3/t18-,19+,20-,22+,23-,24-,25-,26+,27+,28+/m0/s1. The molecule has 0 aromatic carbocycles. The predicted octanol–water partition coefficient (Wildman–Crippen LogP) is 6.38. The average molecular weight is 415 g/mol. The highest BCUT2D eigenvalue weighted by Crippen LogP contribution is 2.66. The predicted molar refractivity (Wildman–Crippen MR) is 125 cm³/mol. The van der Waals surface area contributed by atoms with Crippen LogP contribution < -0.4 is 0 Å². The Balaban J connectivity index is 1.58. The van der Waals surface area contributed by atoms with Crippen molar-refractivity contribution in [1.82, 2.24) is 0 Å². The Labute approximate surface area is 185 Å². The molecule has 0 bridgehead atoms. The topological polar surface area (TPSA) is 40.5 Å². The minimum Gasteiger partial charge on any atom is -0.393 e.